The second-order valence-corrected chi connectivity index (χ2v) is 6.51. The van der Waals surface area contributed by atoms with Gasteiger partial charge >= 0.3 is 0 Å². The van der Waals surface area contributed by atoms with Gasteiger partial charge in [-0.1, -0.05) is 103 Å². The molecule has 0 aromatic heterocycles. The van der Waals surface area contributed by atoms with Crippen LogP contribution < -0.4 is 5.48 Å². The minimum absolute atomic E-state index is 0.649. The van der Waals surface area contributed by atoms with Crippen molar-refractivity contribution >= 4 is 0 Å². The fraction of sp³-hybridized carbons (Fsp3) is 0.167. The number of hydroxylamine groups is 1. The van der Waals surface area contributed by atoms with Gasteiger partial charge in [0.2, 0.25) is 0 Å². The van der Waals surface area contributed by atoms with Crippen LogP contribution in [0.2, 0.25) is 0 Å². The molecule has 0 amide bonds. The molecule has 3 aromatic carbocycles. The molecule has 0 saturated heterocycles. The van der Waals surface area contributed by atoms with Crippen LogP contribution in [0.25, 0.3) is 0 Å². The molecule has 2 nitrogen and oxygen atoms in total. The van der Waals surface area contributed by atoms with Gasteiger partial charge in [0.05, 0.1) is 0 Å². The zero-order chi connectivity index (χ0) is 18.2. The maximum Gasteiger partial charge on any atom is 0.165 e. The molecule has 132 valence electrons. The second-order valence-electron chi connectivity index (χ2n) is 6.51. The molecule has 0 bridgehead atoms. The highest BCUT2D eigenvalue weighted by Gasteiger charge is 2.38. The van der Waals surface area contributed by atoms with Gasteiger partial charge in [0.25, 0.3) is 0 Å². The first-order valence-electron chi connectivity index (χ1n) is 8.94. The molecule has 0 aliphatic heterocycles. The van der Waals surface area contributed by atoms with Crippen LogP contribution in [0.4, 0.5) is 0 Å². The van der Waals surface area contributed by atoms with E-state index >= 15 is 0 Å². The summed E-state index contributed by atoms with van der Waals surface area (Å²) in [5, 5.41) is 0. The maximum absolute atomic E-state index is 6.44. The molecule has 0 fully saturated rings. The van der Waals surface area contributed by atoms with Gasteiger partial charge in [0.1, 0.15) is 0 Å². The molecule has 0 heterocycles. The second kappa shape index (κ2) is 8.61. The Morgan fingerprint density at radius 1 is 0.731 bits per heavy atom. The molecule has 26 heavy (non-hydrogen) atoms. The molecule has 0 atom stereocenters. The normalized spacial score (nSPS) is 11.2. The van der Waals surface area contributed by atoms with Gasteiger partial charge < -0.3 is 0 Å². The van der Waals surface area contributed by atoms with Crippen molar-refractivity contribution in [3.05, 3.63) is 119 Å². The standard InChI is InChI=1S/C24H25NO/c1-20(2)18-19-25-26-24(21-12-6-3-7-13-21,22-14-8-4-9-15-22)23-16-10-5-11-17-23/h3-18,25H,19H2,1-2H3. The first-order chi connectivity index (χ1) is 12.7. The quantitative estimate of drug-likeness (QED) is 0.266. The fourth-order valence-corrected chi connectivity index (χ4v) is 3.09. The molecule has 0 unspecified atom stereocenters. The molecular formula is C24H25NO. The van der Waals surface area contributed by atoms with Crippen molar-refractivity contribution in [1.82, 2.24) is 5.48 Å². The van der Waals surface area contributed by atoms with E-state index in [0.29, 0.717) is 6.54 Å². The average Bonchev–Trinajstić information content (AvgIpc) is 2.70. The summed E-state index contributed by atoms with van der Waals surface area (Å²) in [4.78, 5) is 6.44. The molecule has 0 aliphatic rings. The van der Waals surface area contributed by atoms with E-state index in [1.807, 2.05) is 18.2 Å². The highest BCUT2D eigenvalue weighted by atomic mass is 16.7. The molecule has 0 saturated carbocycles. The van der Waals surface area contributed by atoms with Gasteiger partial charge in [0, 0.05) is 6.54 Å². The summed E-state index contributed by atoms with van der Waals surface area (Å²) in [6, 6.07) is 31.1. The van der Waals surface area contributed by atoms with Gasteiger partial charge in [0.15, 0.2) is 5.60 Å². The van der Waals surface area contributed by atoms with E-state index in [1.54, 1.807) is 0 Å². The summed E-state index contributed by atoms with van der Waals surface area (Å²) in [7, 11) is 0. The Balaban J connectivity index is 2.13. The van der Waals surface area contributed by atoms with Crippen LogP contribution in [0.1, 0.15) is 30.5 Å². The Morgan fingerprint density at radius 3 is 1.46 bits per heavy atom. The minimum atomic E-state index is -0.723. The van der Waals surface area contributed by atoms with Crippen molar-refractivity contribution in [2.24, 2.45) is 0 Å². The third kappa shape index (κ3) is 3.93. The van der Waals surface area contributed by atoms with E-state index in [0.717, 1.165) is 16.7 Å². The first kappa shape index (κ1) is 18.1. The maximum atomic E-state index is 6.44. The van der Waals surface area contributed by atoms with Crippen molar-refractivity contribution < 1.29 is 4.84 Å². The predicted octanol–water partition coefficient (Wildman–Crippen LogP) is 5.47. The fourth-order valence-electron chi connectivity index (χ4n) is 3.09. The zero-order valence-corrected chi connectivity index (χ0v) is 15.4. The molecule has 2 heteroatoms. The van der Waals surface area contributed by atoms with Gasteiger partial charge in [-0.25, -0.2) is 0 Å². The van der Waals surface area contributed by atoms with Crippen LogP contribution in [0.3, 0.4) is 0 Å². The number of nitrogens with one attached hydrogen (secondary N) is 1. The van der Waals surface area contributed by atoms with E-state index in [-0.39, 0.29) is 0 Å². The molecule has 3 aromatic rings. The predicted molar refractivity (Wildman–Crippen MR) is 108 cm³/mol. The summed E-state index contributed by atoms with van der Waals surface area (Å²) >= 11 is 0. The lowest BCUT2D eigenvalue weighted by atomic mass is 9.80. The number of hydrogen-bond donors (Lipinski definition) is 1. The van der Waals surface area contributed by atoms with Gasteiger partial charge in [-0.2, -0.15) is 5.48 Å². The molecule has 0 radical (unpaired) electrons. The van der Waals surface area contributed by atoms with Crippen LogP contribution in [0, 0.1) is 0 Å². The molecule has 0 spiro atoms. The average molecular weight is 343 g/mol. The number of benzene rings is 3. The number of allylic oxidation sites excluding steroid dienone is 1. The van der Waals surface area contributed by atoms with Crippen molar-refractivity contribution in [3.8, 4) is 0 Å². The van der Waals surface area contributed by atoms with Crippen LogP contribution in [-0.4, -0.2) is 6.54 Å². The van der Waals surface area contributed by atoms with E-state index < -0.39 is 5.60 Å². The van der Waals surface area contributed by atoms with Gasteiger partial charge in [-0.15, -0.1) is 0 Å². The van der Waals surface area contributed by atoms with Crippen LogP contribution in [-0.2, 0) is 10.4 Å². The Labute approximate surface area is 156 Å². The SMILES string of the molecule is CC(C)=CCNOC(c1ccccc1)(c1ccccc1)c1ccccc1. The minimum Gasteiger partial charge on any atom is -0.280 e. The van der Waals surface area contributed by atoms with E-state index in [9.17, 15) is 0 Å². The first-order valence-corrected chi connectivity index (χ1v) is 8.94. The lowest BCUT2D eigenvalue weighted by Gasteiger charge is -2.35. The van der Waals surface area contributed by atoms with Crippen molar-refractivity contribution in [2.75, 3.05) is 6.54 Å². The third-order valence-electron chi connectivity index (χ3n) is 4.36. The number of hydrogen-bond acceptors (Lipinski definition) is 2. The van der Waals surface area contributed by atoms with E-state index in [4.69, 9.17) is 4.84 Å². The monoisotopic (exact) mass is 343 g/mol. The summed E-state index contributed by atoms with van der Waals surface area (Å²) in [6.45, 7) is 4.82. The highest BCUT2D eigenvalue weighted by molar-refractivity contribution is 5.47. The molecule has 3 rings (SSSR count). The van der Waals surface area contributed by atoms with E-state index in [1.165, 1.54) is 5.57 Å². The van der Waals surface area contributed by atoms with Crippen molar-refractivity contribution in [2.45, 2.75) is 19.4 Å². The van der Waals surface area contributed by atoms with Crippen LogP contribution in [0.15, 0.2) is 103 Å². The molecule has 0 aliphatic carbocycles. The third-order valence-corrected chi connectivity index (χ3v) is 4.36. The number of rotatable bonds is 7. The highest BCUT2D eigenvalue weighted by Crippen LogP contribution is 2.39. The smallest absolute Gasteiger partial charge is 0.165 e. The molecule has 1 N–H and O–H groups in total. The van der Waals surface area contributed by atoms with Gasteiger partial charge in [-0.05, 0) is 30.5 Å². The lowest BCUT2D eigenvalue weighted by molar-refractivity contribution is -0.0556. The largest absolute Gasteiger partial charge is 0.280 e. The Morgan fingerprint density at radius 2 is 1.12 bits per heavy atom. The Hall–Kier alpha value is -2.68. The lowest BCUT2D eigenvalue weighted by Crippen LogP contribution is -2.38. The zero-order valence-electron chi connectivity index (χ0n) is 15.4. The van der Waals surface area contributed by atoms with Crippen LogP contribution >= 0.6 is 0 Å². The van der Waals surface area contributed by atoms with Gasteiger partial charge in [-0.3, -0.25) is 4.84 Å². The van der Waals surface area contributed by atoms with E-state index in [2.05, 4.69) is 98.2 Å². The summed E-state index contributed by atoms with van der Waals surface area (Å²) in [5.74, 6) is 0. The summed E-state index contributed by atoms with van der Waals surface area (Å²) < 4.78 is 0. The summed E-state index contributed by atoms with van der Waals surface area (Å²) in [6.07, 6.45) is 2.12. The summed E-state index contributed by atoms with van der Waals surface area (Å²) in [5.41, 5.74) is 6.97. The molecular weight excluding hydrogens is 318 g/mol. The topological polar surface area (TPSA) is 21.3 Å². The Bertz CT molecular complexity index is 725. The van der Waals surface area contributed by atoms with Crippen molar-refractivity contribution in [3.63, 3.8) is 0 Å². The van der Waals surface area contributed by atoms with Crippen LogP contribution in [0.5, 0.6) is 0 Å². The Kier molecular flexibility index (Phi) is 6.00. The van der Waals surface area contributed by atoms with Crippen molar-refractivity contribution in [1.29, 1.82) is 0 Å².